The maximum absolute atomic E-state index is 13.2. The topological polar surface area (TPSA) is 72.9 Å². The molecule has 7 heteroatoms. The average Bonchev–Trinajstić information content (AvgIpc) is 3.10. The van der Waals surface area contributed by atoms with E-state index in [1.54, 1.807) is 18.2 Å². The molecule has 1 heterocycles. The Balaban J connectivity index is 2.28. The van der Waals surface area contributed by atoms with Crippen LogP contribution in [0.25, 0.3) is 0 Å². The molecular formula is C19H27NO5S. The van der Waals surface area contributed by atoms with Crippen LogP contribution in [0.4, 0.5) is 0 Å². The van der Waals surface area contributed by atoms with Crippen LogP contribution >= 0.6 is 0 Å². The maximum Gasteiger partial charge on any atom is 0.324 e. The summed E-state index contributed by atoms with van der Waals surface area (Å²) < 4.78 is 38.4. The first-order valence-corrected chi connectivity index (χ1v) is 10.4. The van der Waals surface area contributed by atoms with Gasteiger partial charge in [-0.25, -0.2) is 8.42 Å². The van der Waals surface area contributed by atoms with Crippen molar-refractivity contribution in [2.24, 2.45) is 0 Å². The number of esters is 1. The second kappa shape index (κ2) is 9.19. The lowest BCUT2D eigenvalue weighted by atomic mass is 10.2. The molecule has 1 aromatic rings. The number of carbonyl (C=O) groups is 1. The number of sulfonamides is 1. The largest absolute Gasteiger partial charge is 0.488 e. The number of aryl methyl sites for hydroxylation is 1. The van der Waals surface area contributed by atoms with Gasteiger partial charge in [-0.05, 0) is 43.9 Å². The number of hydrogen-bond donors (Lipinski definition) is 0. The zero-order valence-corrected chi connectivity index (χ0v) is 16.3. The Morgan fingerprint density at radius 3 is 2.88 bits per heavy atom. The van der Waals surface area contributed by atoms with Crippen LogP contribution in [0.3, 0.4) is 0 Å². The summed E-state index contributed by atoms with van der Waals surface area (Å²) in [5.74, 6) is -0.199. The summed E-state index contributed by atoms with van der Waals surface area (Å²) in [6.07, 6.45) is 4.33. The van der Waals surface area contributed by atoms with E-state index in [2.05, 4.69) is 6.58 Å². The molecule has 144 valence electrons. The predicted octanol–water partition coefficient (Wildman–Crippen LogP) is 3.06. The first-order chi connectivity index (χ1) is 12.4. The van der Waals surface area contributed by atoms with Gasteiger partial charge in [0.1, 0.15) is 23.3 Å². The number of rotatable bonds is 9. The molecule has 0 saturated carbocycles. The number of unbranched alkanes of at least 4 members (excludes halogenated alkanes) is 1. The van der Waals surface area contributed by atoms with Gasteiger partial charge in [0.25, 0.3) is 0 Å². The van der Waals surface area contributed by atoms with E-state index in [0.29, 0.717) is 26.0 Å². The van der Waals surface area contributed by atoms with Gasteiger partial charge in [0.2, 0.25) is 10.0 Å². The SMILES string of the molecule is C=CCOc1cc(C)ccc1S(=O)(=O)N1CCC[C@H]1C(=O)OCCCC. The molecule has 0 unspecified atom stereocenters. The number of ether oxygens (including phenoxy) is 2. The van der Waals surface area contributed by atoms with E-state index < -0.39 is 22.0 Å². The molecular weight excluding hydrogens is 354 g/mol. The van der Waals surface area contributed by atoms with Crippen molar-refractivity contribution in [3.05, 3.63) is 36.4 Å². The molecule has 0 radical (unpaired) electrons. The van der Waals surface area contributed by atoms with E-state index in [-0.39, 0.29) is 17.3 Å². The molecule has 2 rings (SSSR count). The van der Waals surface area contributed by atoms with Gasteiger partial charge < -0.3 is 9.47 Å². The lowest BCUT2D eigenvalue weighted by molar-refractivity contribution is -0.147. The van der Waals surface area contributed by atoms with Gasteiger partial charge in [-0.1, -0.05) is 32.1 Å². The minimum Gasteiger partial charge on any atom is -0.488 e. The normalized spacial score (nSPS) is 17.8. The second-order valence-corrected chi connectivity index (χ2v) is 8.20. The van der Waals surface area contributed by atoms with Gasteiger partial charge in [-0.3, -0.25) is 4.79 Å². The van der Waals surface area contributed by atoms with E-state index >= 15 is 0 Å². The van der Waals surface area contributed by atoms with E-state index in [1.165, 1.54) is 10.4 Å². The fourth-order valence-corrected chi connectivity index (χ4v) is 4.65. The molecule has 0 aromatic heterocycles. The van der Waals surface area contributed by atoms with Crippen molar-refractivity contribution in [3.8, 4) is 5.75 Å². The van der Waals surface area contributed by atoms with Crippen LogP contribution in [0.2, 0.25) is 0 Å². The number of nitrogens with zero attached hydrogens (tertiary/aromatic N) is 1. The van der Waals surface area contributed by atoms with E-state index in [0.717, 1.165) is 18.4 Å². The highest BCUT2D eigenvalue weighted by atomic mass is 32.2. The minimum atomic E-state index is -3.87. The molecule has 1 aliphatic heterocycles. The molecule has 1 saturated heterocycles. The summed E-state index contributed by atoms with van der Waals surface area (Å²) in [6.45, 7) is 8.27. The number of carbonyl (C=O) groups excluding carboxylic acids is 1. The highest BCUT2D eigenvalue weighted by Gasteiger charge is 2.41. The third-order valence-corrected chi connectivity index (χ3v) is 6.21. The molecule has 1 fully saturated rings. The third kappa shape index (κ3) is 4.65. The van der Waals surface area contributed by atoms with Crippen LogP contribution in [0, 0.1) is 6.92 Å². The van der Waals surface area contributed by atoms with Gasteiger partial charge in [0.15, 0.2) is 0 Å². The summed E-state index contributed by atoms with van der Waals surface area (Å²) >= 11 is 0. The van der Waals surface area contributed by atoms with Crippen molar-refractivity contribution < 1.29 is 22.7 Å². The van der Waals surface area contributed by atoms with Gasteiger partial charge >= 0.3 is 5.97 Å². The van der Waals surface area contributed by atoms with Gasteiger partial charge in [-0.15, -0.1) is 0 Å². The second-order valence-electron chi connectivity index (χ2n) is 6.34. The summed E-state index contributed by atoms with van der Waals surface area (Å²) in [6, 6.07) is 4.16. The fourth-order valence-electron chi connectivity index (χ4n) is 2.89. The van der Waals surface area contributed by atoms with Gasteiger partial charge in [0, 0.05) is 6.54 Å². The quantitative estimate of drug-likeness (QED) is 0.373. The average molecular weight is 381 g/mol. The summed E-state index contributed by atoms with van der Waals surface area (Å²) in [5, 5.41) is 0. The summed E-state index contributed by atoms with van der Waals surface area (Å²) in [5.41, 5.74) is 0.889. The van der Waals surface area contributed by atoms with Crippen LogP contribution in [0.1, 0.15) is 38.2 Å². The Bertz CT molecular complexity index is 744. The van der Waals surface area contributed by atoms with Crippen LogP contribution < -0.4 is 4.74 Å². The monoisotopic (exact) mass is 381 g/mol. The fraction of sp³-hybridized carbons (Fsp3) is 0.526. The van der Waals surface area contributed by atoms with Crippen molar-refractivity contribution in [2.45, 2.75) is 50.5 Å². The van der Waals surface area contributed by atoms with Gasteiger partial charge in [-0.2, -0.15) is 4.31 Å². The molecule has 0 aliphatic carbocycles. The van der Waals surface area contributed by atoms with Crippen molar-refractivity contribution >= 4 is 16.0 Å². The van der Waals surface area contributed by atoms with Crippen molar-refractivity contribution in [3.63, 3.8) is 0 Å². The highest BCUT2D eigenvalue weighted by Crippen LogP contribution is 2.32. The first-order valence-electron chi connectivity index (χ1n) is 8.94. The number of hydrogen-bond acceptors (Lipinski definition) is 5. The third-order valence-electron chi connectivity index (χ3n) is 4.26. The molecule has 1 aliphatic rings. The lowest BCUT2D eigenvalue weighted by Gasteiger charge is -2.24. The Labute approximate surface area is 155 Å². The zero-order valence-electron chi connectivity index (χ0n) is 15.4. The highest BCUT2D eigenvalue weighted by molar-refractivity contribution is 7.89. The van der Waals surface area contributed by atoms with Crippen LogP contribution in [0.15, 0.2) is 35.7 Å². The lowest BCUT2D eigenvalue weighted by Crippen LogP contribution is -2.41. The van der Waals surface area contributed by atoms with Crippen LogP contribution in [-0.4, -0.2) is 44.5 Å². The van der Waals surface area contributed by atoms with Crippen molar-refractivity contribution in [2.75, 3.05) is 19.8 Å². The van der Waals surface area contributed by atoms with Gasteiger partial charge in [0.05, 0.1) is 6.61 Å². The molecule has 0 amide bonds. The Hall–Kier alpha value is -1.86. The summed E-state index contributed by atoms with van der Waals surface area (Å²) in [7, 11) is -3.87. The van der Waals surface area contributed by atoms with Crippen LogP contribution in [0.5, 0.6) is 5.75 Å². The molecule has 26 heavy (non-hydrogen) atoms. The van der Waals surface area contributed by atoms with E-state index in [1.807, 2.05) is 13.8 Å². The summed E-state index contributed by atoms with van der Waals surface area (Å²) in [4.78, 5) is 12.4. The first kappa shape index (κ1) is 20.5. The molecule has 6 nitrogen and oxygen atoms in total. The molecule has 0 bridgehead atoms. The Morgan fingerprint density at radius 2 is 2.19 bits per heavy atom. The number of benzene rings is 1. The van der Waals surface area contributed by atoms with Crippen molar-refractivity contribution in [1.29, 1.82) is 0 Å². The van der Waals surface area contributed by atoms with E-state index in [9.17, 15) is 13.2 Å². The molecule has 1 atom stereocenters. The van der Waals surface area contributed by atoms with E-state index in [4.69, 9.17) is 9.47 Å². The smallest absolute Gasteiger partial charge is 0.324 e. The maximum atomic E-state index is 13.2. The minimum absolute atomic E-state index is 0.0678. The Kier molecular flexibility index (Phi) is 7.23. The predicted molar refractivity (Wildman–Crippen MR) is 99.7 cm³/mol. The Morgan fingerprint density at radius 1 is 1.42 bits per heavy atom. The molecule has 1 aromatic carbocycles. The zero-order chi connectivity index (χ0) is 19.2. The van der Waals surface area contributed by atoms with Crippen LogP contribution in [-0.2, 0) is 19.6 Å². The van der Waals surface area contributed by atoms with Crippen molar-refractivity contribution in [1.82, 2.24) is 4.31 Å². The standard InChI is InChI=1S/C19H27NO5S/c1-4-6-13-25-19(21)16-8-7-11-20(16)26(22,23)18-10-9-15(3)14-17(18)24-12-5-2/h5,9-10,14,16H,2,4,6-8,11-13H2,1,3H3/t16-/m0/s1. The molecule has 0 spiro atoms. The molecule has 0 N–H and O–H groups in total.